The number of hydrogen-bond donors (Lipinski definition) is 3. The van der Waals surface area contributed by atoms with E-state index in [0.29, 0.717) is 40.4 Å². The van der Waals surface area contributed by atoms with Crippen molar-refractivity contribution in [1.82, 2.24) is 15.4 Å². The van der Waals surface area contributed by atoms with Crippen molar-refractivity contribution in [3.8, 4) is 11.4 Å². The van der Waals surface area contributed by atoms with Crippen LogP contribution < -0.4 is 21.3 Å². The predicted octanol–water partition coefficient (Wildman–Crippen LogP) is 2.41. The van der Waals surface area contributed by atoms with Crippen LogP contribution in [0.15, 0.2) is 59.4 Å². The summed E-state index contributed by atoms with van der Waals surface area (Å²) >= 11 is 0. The van der Waals surface area contributed by atoms with E-state index in [1.807, 2.05) is 6.92 Å². The summed E-state index contributed by atoms with van der Waals surface area (Å²) in [7, 11) is 0. The van der Waals surface area contributed by atoms with Crippen molar-refractivity contribution >= 4 is 29.1 Å². The highest BCUT2D eigenvalue weighted by Gasteiger charge is 2.24. The first-order valence-corrected chi connectivity index (χ1v) is 10.2. The predicted molar refractivity (Wildman–Crippen MR) is 119 cm³/mol. The van der Waals surface area contributed by atoms with Crippen LogP contribution in [0.2, 0.25) is 0 Å². The molecule has 9 heteroatoms. The second kappa shape index (κ2) is 8.84. The molecule has 3 aromatic rings. The lowest BCUT2D eigenvalue weighted by atomic mass is 10.1. The van der Waals surface area contributed by atoms with Gasteiger partial charge in [-0.2, -0.15) is 0 Å². The van der Waals surface area contributed by atoms with Crippen LogP contribution in [-0.2, 0) is 16.0 Å². The summed E-state index contributed by atoms with van der Waals surface area (Å²) in [6, 6.07) is 14.8. The van der Waals surface area contributed by atoms with Crippen LogP contribution in [0.3, 0.4) is 0 Å². The minimum absolute atomic E-state index is 0.145. The zero-order valence-corrected chi connectivity index (χ0v) is 17.3. The molecule has 0 radical (unpaired) electrons. The number of nitrogens with one attached hydrogen (secondary N) is 3. The molecule has 2 heterocycles. The quantitative estimate of drug-likeness (QED) is 0.572. The molecule has 3 N–H and O–H groups in total. The number of amides is 3. The molecule has 3 amide bonds. The molecule has 4 rings (SSSR count). The highest BCUT2D eigenvalue weighted by molar-refractivity contribution is 6.05. The highest BCUT2D eigenvalue weighted by Crippen LogP contribution is 2.21. The van der Waals surface area contributed by atoms with Crippen molar-refractivity contribution in [1.29, 1.82) is 0 Å². The summed E-state index contributed by atoms with van der Waals surface area (Å²) in [5.74, 6) is -0.349. The van der Waals surface area contributed by atoms with Crippen LogP contribution in [0, 0.1) is 0 Å². The third-order valence-electron chi connectivity index (χ3n) is 4.99. The maximum Gasteiger partial charge on any atom is 0.255 e. The fourth-order valence-electron chi connectivity index (χ4n) is 3.32. The molecular formula is C23H21N5O4. The third kappa shape index (κ3) is 4.56. The molecule has 0 saturated carbocycles. The van der Waals surface area contributed by atoms with Gasteiger partial charge in [0.25, 0.3) is 11.5 Å². The zero-order chi connectivity index (χ0) is 22.7. The Labute approximate surface area is 183 Å². The Morgan fingerprint density at radius 3 is 2.59 bits per heavy atom. The Kier molecular flexibility index (Phi) is 5.80. The van der Waals surface area contributed by atoms with Crippen LogP contribution in [-0.4, -0.2) is 27.7 Å². The van der Waals surface area contributed by atoms with Crippen LogP contribution in [0.1, 0.15) is 35.8 Å². The first kappa shape index (κ1) is 21.0. The number of anilines is 2. The second-order valence-electron chi connectivity index (χ2n) is 7.28. The molecule has 9 nitrogen and oxygen atoms in total. The maximum atomic E-state index is 12.7. The molecule has 1 fully saturated rings. The summed E-state index contributed by atoms with van der Waals surface area (Å²) in [5.41, 5.74) is 5.04. The SMILES string of the molecule is CCc1cc(=O)[nH]c(-c2cccc(NC(=O)c3ccc(N4NC(=O)CCC4=O)cc3)c2)n1. The maximum absolute atomic E-state index is 12.7. The molecule has 32 heavy (non-hydrogen) atoms. The van der Waals surface area contributed by atoms with Gasteiger partial charge in [0.2, 0.25) is 11.8 Å². The first-order valence-electron chi connectivity index (χ1n) is 10.2. The number of benzene rings is 2. The van der Waals surface area contributed by atoms with Crippen LogP contribution in [0.4, 0.5) is 11.4 Å². The van der Waals surface area contributed by atoms with Crippen molar-refractivity contribution in [2.75, 3.05) is 10.3 Å². The summed E-state index contributed by atoms with van der Waals surface area (Å²) in [6.07, 6.45) is 0.947. The van der Waals surface area contributed by atoms with Crippen molar-refractivity contribution in [2.24, 2.45) is 0 Å². The standard InChI is InChI=1S/C23H21N5O4/c1-2-16-13-20(30)26-22(24-16)15-4-3-5-17(12-15)25-23(32)14-6-8-18(9-7-14)28-21(31)11-10-19(29)27-28/h3-9,12-13H,2,10-11H2,1H3,(H,25,32)(H,27,29)(H,24,26,30). The molecule has 1 aromatic heterocycles. The average molecular weight is 431 g/mol. The van der Waals surface area contributed by atoms with Crippen molar-refractivity contribution < 1.29 is 14.4 Å². The van der Waals surface area contributed by atoms with Gasteiger partial charge in [0.1, 0.15) is 5.82 Å². The first-order chi connectivity index (χ1) is 15.4. The Morgan fingerprint density at radius 1 is 1.06 bits per heavy atom. The third-order valence-corrected chi connectivity index (χ3v) is 4.99. The van der Waals surface area contributed by atoms with Gasteiger partial charge in [-0.15, -0.1) is 0 Å². The smallest absolute Gasteiger partial charge is 0.255 e. The van der Waals surface area contributed by atoms with E-state index in [1.54, 1.807) is 48.5 Å². The van der Waals surface area contributed by atoms with Gasteiger partial charge < -0.3 is 10.3 Å². The van der Waals surface area contributed by atoms with E-state index in [9.17, 15) is 19.2 Å². The van der Waals surface area contributed by atoms with E-state index in [4.69, 9.17) is 0 Å². The number of hydrazine groups is 1. The molecule has 1 aliphatic rings. The second-order valence-corrected chi connectivity index (χ2v) is 7.28. The zero-order valence-electron chi connectivity index (χ0n) is 17.3. The van der Waals surface area contributed by atoms with E-state index in [0.717, 1.165) is 0 Å². The lowest BCUT2D eigenvalue weighted by molar-refractivity contribution is -0.130. The molecule has 0 bridgehead atoms. The van der Waals surface area contributed by atoms with Gasteiger partial charge in [0.15, 0.2) is 0 Å². The summed E-state index contributed by atoms with van der Waals surface area (Å²) < 4.78 is 0. The topological polar surface area (TPSA) is 124 Å². The van der Waals surface area contributed by atoms with Crippen molar-refractivity contribution in [2.45, 2.75) is 26.2 Å². The van der Waals surface area contributed by atoms with Crippen LogP contribution >= 0.6 is 0 Å². The van der Waals surface area contributed by atoms with Gasteiger partial charge in [-0.25, -0.2) is 9.99 Å². The number of H-pyrrole nitrogens is 1. The number of nitrogens with zero attached hydrogens (tertiary/aromatic N) is 2. The number of aromatic amines is 1. The summed E-state index contributed by atoms with van der Waals surface area (Å²) in [4.78, 5) is 55.3. The molecular weight excluding hydrogens is 410 g/mol. The molecule has 0 aliphatic carbocycles. The average Bonchev–Trinajstić information content (AvgIpc) is 2.80. The fraction of sp³-hybridized carbons (Fsp3) is 0.174. The van der Waals surface area contributed by atoms with Crippen LogP contribution in [0.5, 0.6) is 0 Å². The monoisotopic (exact) mass is 431 g/mol. The van der Waals surface area contributed by atoms with Crippen molar-refractivity contribution in [3.63, 3.8) is 0 Å². The van der Waals surface area contributed by atoms with E-state index in [2.05, 4.69) is 20.7 Å². The lowest BCUT2D eigenvalue weighted by Gasteiger charge is -2.27. The molecule has 1 aliphatic heterocycles. The van der Waals surface area contributed by atoms with Gasteiger partial charge in [-0.1, -0.05) is 19.1 Å². The Balaban J connectivity index is 1.50. The largest absolute Gasteiger partial charge is 0.322 e. The molecule has 1 saturated heterocycles. The van der Waals surface area contributed by atoms with E-state index in [-0.39, 0.29) is 36.1 Å². The van der Waals surface area contributed by atoms with Gasteiger partial charge in [-0.05, 0) is 42.8 Å². The van der Waals surface area contributed by atoms with Gasteiger partial charge in [0.05, 0.1) is 5.69 Å². The lowest BCUT2D eigenvalue weighted by Crippen LogP contribution is -2.50. The number of hydrogen-bond acceptors (Lipinski definition) is 5. The van der Waals surface area contributed by atoms with E-state index >= 15 is 0 Å². The number of carbonyl (C=O) groups excluding carboxylic acids is 3. The number of carbonyl (C=O) groups is 3. The number of rotatable bonds is 5. The minimum atomic E-state index is -0.341. The minimum Gasteiger partial charge on any atom is -0.322 e. The fourth-order valence-corrected chi connectivity index (χ4v) is 3.32. The van der Waals surface area contributed by atoms with Crippen molar-refractivity contribution in [3.05, 3.63) is 76.2 Å². The molecule has 2 aromatic carbocycles. The molecule has 0 atom stereocenters. The Hall–Kier alpha value is -4.27. The number of aryl methyl sites for hydroxylation is 1. The van der Waals surface area contributed by atoms with Crippen LogP contribution in [0.25, 0.3) is 11.4 Å². The molecule has 0 unspecified atom stereocenters. The Bertz CT molecular complexity index is 1250. The van der Waals surface area contributed by atoms with Gasteiger partial charge in [-0.3, -0.25) is 24.6 Å². The highest BCUT2D eigenvalue weighted by atomic mass is 16.2. The number of aromatic nitrogens is 2. The van der Waals surface area contributed by atoms with E-state index < -0.39 is 0 Å². The van der Waals surface area contributed by atoms with Gasteiger partial charge >= 0.3 is 0 Å². The molecule has 162 valence electrons. The normalized spacial score (nSPS) is 13.6. The Morgan fingerprint density at radius 2 is 1.84 bits per heavy atom. The van der Waals surface area contributed by atoms with E-state index in [1.165, 1.54) is 11.1 Å². The molecule has 0 spiro atoms. The van der Waals surface area contributed by atoms with Gasteiger partial charge in [0, 0.05) is 41.4 Å². The summed E-state index contributed by atoms with van der Waals surface area (Å²) in [6.45, 7) is 1.92. The summed E-state index contributed by atoms with van der Waals surface area (Å²) in [5, 5.41) is 4.01.